The zero-order chi connectivity index (χ0) is 12.0. The van der Waals surface area contributed by atoms with Crippen molar-refractivity contribution < 1.29 is 14.2 Å². The monoisotopic (exact) mass is 235 g/mol. The molecule has 17 heavy (non-hydrogen) atoms. The Labute approximate surface area is 101 Å². The van der Waals surface area contributed by atoms with Crippen LogP contribution in [0.1, 0.15) is 25.3 Å². The fourth-order valence-corrected chi connectivity index (χ4v) is 2.58. The minimum Gasteiger partial charge on any atom is -0.497 e. The lowest BCUT2D eigenvalue weighted by Gasteiger charge is -2.22. The van der Waals surface area contributed by atoms with E-state index in [1.807, 2.05) is 12.1 Å². The molecule has 4 nitrogen and oxygen atoms in total. The maximum absolute atomic E-state index is 6.11. The number of methoxy groups -OCH3 is 1. The van der Waals surface area contributed by atoms with Crippen LogP contribution in [0.15, 0.2) is 12.1 Å². The van der Waals surface area contributed by atoms with Crippen molar-refractivity contribution in [1.82, 2.24) is 0 Å². The fraction of sp³-hybridized carbons (Fsp3) is 0.538. The zero-order valence-electron chi connectivity index (χ0n) is 10.2. The summed E-state index contributed by atoms with van der Waals surface area (Å²) < 4.78 is 16.3. The Morgan fingerprint density at radius 1 is 1.35 bits per heavy atom. The molecule has 1 aromatic rings. The fourth-order valence-electron chi connectivity index (χ4n) is 2.58. The van der Waals surface area contributed by atoms with Gasteiger partial charge in [-0.2, -0.15) is 0 Å². The molecule has 2 aliphatic rings. The van der Waals surface area contributed by atoms with Gasteiger partial charge in [0, 0.05) is 23.1 Å². The van der Waals surface area contributed by atoms with Crippen molar-refractivity contribution in [3.63, 3.8) is 0 Å². The molecule has 1 aliphatic heterocycles. The lowest BCUT2D eigenvalue weighted by atomic mass is 9.88. The van der Waals surface area contributed by atoms with Crippen LogP contribution in [0.5, 0.6) is 17.2 Å². The van der Waals surface area contributed by atoms with Gasteiger partial charge >= 0.3 is 0 Å². The third kappa shape index (κ3) is 1.47. The van der Waals surface area contributed by atoms with Crippen molar-refractivity contribution in [3.05, 3.63) is 17.7 Å². The molecular formula is C13H17NO3. The Kier molecular flexibility index (Phi) is 2.23. The summed E-state index contributed by atoms with van der Waals surface area (Å²) in [7, 11) is 1.66. The quantitative estimate of drug-likeness (QED) is 0.868. The van der Waals surface area contributed by atoms with Crippen LogP contribution in [0.4, 0.5) is 0 Å². The van der Waals surface area contributed by atoms with E-state index >= 15 is 0 Å². The number of rotatable bonds is 3. The number of fused-ring (bicyclic) bond motifs is 1. The van der Waals surface area contributed by atoms with Gasteiger partial charge in [-0.1, -0.05) is 0 Å². The summed E-state index contributed by atoms with van der Waals surface area (Å²) >= 11 is 0. The smallest absolute Gasteiger partial charge is 0.231 e. The minimum atomic E-state index is 0.0479. The second kappa shape index (κ2) is 3.53. The summed E-state index contributed by atoms with van der Waals surface area (Å²) in [6.45, 7) is 2.33. The predicted octanol–water partition coefficient (Wildman–Crippen LogP) is 1.80. The number of hydrogen-bond donors (Lipinski definition) is 1. The summed E-state index contributed by atoms with van der Waals surface area (Å²) in [5, 5.41) is 0. The summed E-state index contributed by atoms with van der Waals surface area (Å²) in [6.07, 6.45) is 2.21. The first-order valence-corrected chi connectivity index (χ1v) is 5.91. The molecule has 2 N–H and O–H groups in total. The SMILES string of the molecule is COc1cc2c(c(C3(C(C)N)CC3)c1)OCO2. The van der Waals surface area contributed by atoms with Crippen LogP contribution in [-0.4, -0.2) is 19.9 Å². The third-order valence-electron chi connectivity index (χ3n) is 3.88. The normalized spacial score (nSPS) is 21.1. The van der Waals surface area contributed by atoms with Gasteiger partial charge in [0.25, 0.3) is 0 Å². The maximum atomic E-state index is 6.11. The standard InChI is InChI=1S/C13H17NO3/c1-8(14)13(3-4-13)10-5-9(15-2)6-11-12(10)17-7-16-11/h5-6,8H,3-4,7,14H2,1-2H3. The summed E-state index contributed by atoms with van der Waals surface area (Å²) in [5.41, 5.74) is 7.30. The Balaban J connectivity index is 2.13. The molecule has 1 saturated carbocycles. The first-order valence-electron chi connectivity index (χ1n) is 5.91. The highest BCUT2D eigenvalue weighted by atomic mass is 16.7. The number of benzene rings is 1. The van der Waals surface area contributed by atoms with Crippen molar-refractivity contribution in [2.45, 2.75) is 31.2 Å². The van der Waals surface area contributed by atoms with Crippen molar-refractivity contribution in [1.29, 1.82) is 0 Å². The molecule has 1 unspecified atom stereocenters. The van der Waals surface area contributed by atoms with Gasteiger partial charge in [-0.05, 0) is 25.8 Å². The predicted molar refractivity (Wildman–Crippen MR) is 63.7 cm³/mol. The molecule has 4 heteroatoms. The number of ether oxygens (including phenoxy) is 3. The van der Waals surface area contributed by atoms with E-state index in [2.05, 4.69) is 6.92 Å². The van der Waals surface area contributed by atoms with Crippen molar-refractivity contribution >= 4 is 0 Å². The Bertz CT molecular complexity index is 452. The van der Waals surface area contributed by atoms with Crippen LogP contribution in [0.3, 0.4) is 0 Å². The molecule has 1 fully saturated rings. The van der Waals surface area contributed by atoms with E-state index in [1.54, 1.807) is 7.11 Å². The van der Waals surface area contributed by atoms with Gasteiger partial charge in [-0.3, -0.25) is 0 Å². The Morgan fingerprint density at radius 2 is 2.12 bits per heavy atom. The molecule has 0 spiro atoms. The lowest BCUT2D eigenvalue weighted by molar-refractivity contribution is 0.172. The second-order valence-electron chi connectivity index (χ2n) is 4.85. The molecular weight excluding hydrogens is 218 g/mol. The van der Waals surface area contributed by atoms with E-state index in [0.717, 1.165) is 35.7 Å². The molecule has 0 saturated heterocycles. The highest BCUT2D eigenvalue weighted by molar-refractivity contribution is 5.58. The molecule has 0 bridgehead atoms. The van der Waals surface area contributed by atoms with Gasteiger partial charge in [-0.15, -0.1) is 0 Å². The highest BCUT2D eigenvalue weighted by Crippen LogP contribution is 2.56. The van der Waals surface area contributed by atoms with E-state index < -0.39 is 0 Å². The maximum Gasteiger partial charge on any atom is 0.231 e. The van der Waals surface area contributed by atoms with Crippen molar-refractivity contribution in [2.24, 2.45) is 5.73 Å². The molecule has 3 rings (SSSR count). The Hall–Kier alpha value is -1.42. The Morgan fingerprint density at radius 3 is 2.71 bits per heavy atom. The molecule has 0 amide bonds. The molecule has 0 radical (unpaired) electrons. The molecule has 92 valence electrons. The molecule has 1 aliphatic carbocycles. The van der Waals surface area contributed by atoms with E-state index in [-0.39, 0.29) is 18.2 Å². The lowest BCUT2D eigenvalue weighted by Crippen LogP contribution is -2.31. The summed E-state index contributed by atoms with van der Waals surface area (Å²) in [4.78, 5) is 0. The van der Waals surface area contributed by atoms with E-state index in [1.165, 1.54) is 0 Å². The van der Waals surface area contributed by atoms with E-state index in [4.69, 9.17) is 19.9 Å². The van der Waals surface area contributed by atoms with Crippen molar-refractivity contribution in [3.8, 4) is 17.2 Å². The van der Waals surface area contributed by atoms with Gasteiger partial charge in [0.05, 0.1) is 7.11 Å². The van der Waals surface area contributed by atoms with Crippen LogP contribution in [0.25, 0.3) is 0 Å². The van der Waals surface area contributed by atoms with Crippen LogP contribution >= 0.6 is 0 Å². The van der Waals surface area contributed by atoms with Gasteiger partial charge in [0.2, 0.25) is 6.79 Å². The minimum absolute atomic E-state index is 0.0479. The first kappa shape index (κ1) is 10.7. The molecule has 1 atom stereocenters. The second-order valence-corrected chi connectivity index (χ2v) is 4.85. The topological polar surface area (TPSA) is 53.7 Å². The van der Waals surface area contributed by atoms with Crippen LogP contribution in [0, 0.1) is 0 Å². The first-order chi connectivity index (χ1) is 8.17. The summed E-state index contributed by atoms with van der Waals surface area (Å²) in [6, 6.07) is 4.01. The van der Waals surface area contributed by atoms with E-state index in [0.29, 0.717) is 0 Å². The number of nitrogens with two attached hydrogens (primary N) is 1. The van der Waals surface area contributed by atoms with Gasteiger partial charge in [0.1, 0.15) is 5.75 Å². The highest BCUT2D eigenvalue weighted by Gasteiger charge is 2.50. The third-order valence-corrected chi connectivity index (χ3v) is 3.88. The molecule has 0 aromatic heterocycles. The zero-order valence-corrected chi connectivity index (χ0v) is 10.2. The van der Waals surface area contributed by atoms with Gasteiger partial charge in [-0.25, -0.2) is 0 Å². The summed E-state index contributed by atoms with van der Waals surface area (Å²) in [5.74, 6) is 2.42. The largest absolute Gasteiger partial charge is 0.497 e. The average molecular weight is 235 g/mol. The molecule has 1 heterocycles. The van der Waals surface area contributed by atoms with Gasteiger partial charge in [0.15, 0.2) is 11.5 Å². The van der Waals surface area contributed by atoms with E-state index in [9.17, 15) is 0 Å². The molecule has 1 aromatic carbocycles. The average Bonchev–Trinajstić information content (AvgIpc) is 3.00. The van der Waals surface area contributed by atoms with Crippen LogP contribution in [0.2, 0.25) is 0 Å². The van der Waals surface area contributed by atoms with Crippen LogP contribution in [-0.2, 0) is 5.41 Å². The van der Waals surface area contributed by atoms with Gasteiger partial charge < -0.3 is 19.9 Å². The number of hydrogen-bond acceptors (Lipinski definition) is 4. The van der Waals surface area contributed by atoms with Crippen molar-refractivity contribution in [2.75, 3.05) is 13.9 Å². The van der Waals surface area contributed by atoms with Crippen LogP contribution < -0.4 is 19.9 Å².